The summed E-state index contributed by atoms with van der Waals surface area (Å²) in [7, 11) is 0. The second-order valence-corrected chi connectivity index (χ2v) is 4.67. The van der Waals surface area contributed by atoms with E-state index in [4.69, 9.17) is 5.11 Å². The number of piperidine rings is 1. The van der Waals surface area contributed by atoms with Gasteiger partial charge in [0.25, 0.3) is 0 Å². The fourth-order valence-corrected chi connectivity index (χ4v) is 2.19. The molecule has 1 aliphatic heterocycles. The van der Waals surface area contributed by atoms with Crippen LogP contribution in [0.4, 0.5) is 5.95 Å². The Morgan fingerprint density at radius 2 is 2.35 bits per heavy atom. The van der Waals surface area contributed by atoms with Gasteiger partial charge in [-0.15, -0.1) is 0 Å². The van der Waals surface area contributed by atoms with Crippen LogP contribution in [0.1, 0.15) is 35.8 Å². The molecule has 0 spiro atoms. The van der Waals surface area contributed by atoms with Crippen molar-refractivity contribution in [2.45, 2.75) is 26.7 Å². The lowest BCUT2D eigenvalue weighted by Crippen LogP contribution is -2.35. The highest BCUT2D eigenvalue weighted by Gasteiger charge is 2.19. The third-order valence-corrected chi connectivity index (χ3v) is 3.14. The number of aryl methyl sites for hydroxylation is 1. The van der Waals surface area contributed by atoms with Gasteiger partial charge < -0.3 is 10.0 Å². The third-order valence-electron chi connectivity index (χ3n) is 3.14. The molecule has 1 saturated heterocycles. The van der Waals surface area contributed by atoms with Crippen molar-refractivity contribution < 1.29 is 9.90 Å². The molecule has 0 amide bonds. The fourth-order valence-electron chi connectivity index (χ4n) is 2.19. The van der Waals surface area contributed by atoms with Crippen LogP contribution in [0.25, 0.3) is 0 Å². The highest BCUT2D eigenvalue weighted by Crippen LogP contribution is 2.20. The van der Waals surface area contributed by atoms with E-state index in [1.807, 2.05) is 0 Å². The summed E-state index contributed by atoms with van der Waals surface area (Å²) in [5, 5.41) is 8.92. The summed E-state index contributed by atoms with van der Waals surface area (Å²) in [6.45, 7) is 5.83. The molecular formula is C12H17N3O2. The van der Waals surface area contributed by atoms with Gasteiger partial charge in [-0.2, -0.15) is 0 Å². The average Bonchev–Trinajstić information content (AvgIpc) is 2.28. The summed E-state index contributed by atoms with van der Waals surface area (Å²) in [5.74, 6) is 0.326. The lowest BCUT2D eigenvalue weighted by molar-refractivity contribution is 0.0695. The number of carboxylic acids is 1. The summed E-state index contributed by atoms with van der Waals surface area (Å²) in [6, 6.07) is 0. The molecule has 2 rings (SSSR count). The molecule has 92 valence electrons. The van der Waals surface area contributed by atoms with E-state index >= 15 is 0 Å². The van der Waals surface area contributed by atoms with Gasteiger partial charge in [-0.05, 0) is 25.7 Å². The molecule has 5 nitrogen and oxygen atoms in total. The highest BCUT2D eigenvalue weighted by atomic mass is 16.4. The molecule has 1 fully saturated rings. The number of hydrogen-bond acceptors (Lipinski definition) is 4. The molecule has 0 saturated carbocycles. The zero-order chi connectivity index (χ0) is 12.4. The van der Waals surface area contributed by atoms with Gasteiger partial charge in [-0.25, -0.2) is 14.8 Å². The molecule has 1 aromatic heterocycles. The van der Waals surface area contributed by atoms with Crippen LogP contribution in [0.15, 0.2) is 6.20 Å². The van der Waals surface area contributed by atoms with Crippen LogP contribution in [0, 0.1) is 12.8 Å². The Labute approximate surface area is 100 Å². The molecular weight excluding hydrogens is 218 g/mol. The normalized spacial score (nSPS) is 20.4. The summed E-state index contributed by atoms with van der Waals surface area (Å²) in [6.07, 6.45) is 3.78. The van der Waals surface area contributed by atoms with E-state index in [2.05, 4.69) is 21.8 Å². The Morgan fingerprint density at radius 1 is 1.59 bits per heavy atom. The number of rotatable bonds is 2. The minimum absolute atomic E-state index is 0.179. The second kappa shape index (κ2) is 4.69. The zero-order valence-corrected chi connectivity index (χ0v) is 10.2. The number of hydrogen-bond donors (Lipinski definition) is 1. The van der Waals surface area contributed by atoms with Crippen LogP contribution in [0.2, 0.25) is 0 Å². The van der Waals surface area contributed by atoms with E-state index in [1.165, 1.54) is 12.6 Å². The lowest BCUT2D eigenvalue weighted by Gasteiger charge is -2.31. The van der Waals surface area contributed by atoms with Crippen LogP contribution in [0.3, 0.4) is 0 Å². The molecule has 0 radical (unpaired) electrons. The van der Waals surface area contributed by atoms with Gasteiger partial charge in [0.2, 0.25) is 5.95 Å². The average molecular weight is 235 g/mol. The minimum atomic E-state index is -0.971. The molecule has 0 bridgehead atoms. The van der Waals surface area contributed by atoms with E-state index < -0.39 is 5.97 Å². The van der Waals surface area contributed by atoms with E-state index in [0.717, 1.165) is 19.5 Å². The molecule has 1 N–H and O–H groups in total. The minimum Gasteiger partial charge on any atom is -0.478 e. The van der Waals surface area contributed by atoms with E-state index in [1.54, 1.807) is 6.92 Å². The molecule has 1 atom stereocenters. The lowest BCUT2D eigenvalue weighted by atomic mass is 10.0. The summed E-state index contributed by atoms with van der Waals surface area (Å²) in [4.78, 5) is 21.4. The Morgan fingerprint density at radius 3 is 2.94 bits per heavy atom. The van der Waals surface area contributed by atoms with E-state index in [0.29, 0.717) is 17.6 Å². The predicted octanol–water partition coefficient (Wildman–Crippen LogP) is 1.72. The monoisotopic (exact) mass is 235 g/mol. The number of anilines is 1. The van der Waals surface area contributed by atoms with Crippen molar-refractivity contribution in [3.63, 3.8) is 0 Å². The number of carboxylic acid groups (broad SMARTS) is 1. The second-order valence-electron chi connectivity index (χ2n) is 4.67. The highest BCUT2D eigenvalue weighted by molar-refractivity contribution is 5.88. The number of aromatic nitrogens is 2. The van der Waals surface area contributed by atoms with Gasteiger partial charge in [0.15, 0.2) is 0 Å². The van der Waals surface area contributed by atoms with Crippen LogP contribution < -0.4 is 4.90 Å². The molecule has 1 aromatic rings. The Hall–Kier alpha value is -1.65. The van der Waals surface area contributed by atoms with Crippen molar-refractivity contribution in [1.29, 1.82) is 0 Å². The summed E-state index contributed by atoms with van der Waals surface area (Å²) < 4.78 is 0. The van der Waals surface area contributed by atoms with Gasteiger partial charge in [0.1, 0.15) is 0 Å². The molecule has 0 aromatic carbocycles. The predicted molar refractivity (Wildman–Crippen MR) is 64.3 cm³/mol. The molecule has 1 aliphatic rings. The summed E-state index contributed by atoms with van der Waals surface area (Å²) in [5.41, 5.74) is 0.708. The van der Waals surface area contributed by atoms with Crippen LogP contribution in [-0.4, -0.2) is 34.1 Å². The smallest absolute Gasteiger partial charge is 0.339 e. The van der Waals surface area contributed by atoms with Crippen molar-refractivity contribution in [2.75, 3.05) is 18.0 Å². The largest absolute Gasteiger partial charge is 0.478 e. The van der Waals surface area contributed by atoms with Crippen molar-refractivity contribution in [3.05, 3.63) is 17.5 Å². The standard InChI is InChI=1S/C12H17N3O2/c1-8-4-3-5-15(7-8)12-13-6-10(11(16)17)9(2)14-12/h6,8H,3-5,7H2,1-2H3,(H,16,17)/t8-/m1/s1. The molecule has 5 heteroatoms. The van der Waals surface area contributed by atoms with Gasteiger partial charge in [-0.3, -0.25) is 0 Å². The SMILES string of the molecule is Cc1nc(N2CCC[C@@H](C)C2)ncc1C(=O)O. The third kappa shape index (κ3) is 2.54. The van der Waals surface area contributed by atoms with Crippen LogP contribution in [0.5, 0.6) is 0 Å². The maximum absolute atomic E-state index is 10.9. The first-order chi connectivity index (χ1) is 8.08. The Bertz CT molecular complexity index is 434. The van der Waals surface area contributed by atoms with Crippen LogP contribution in [-0.2, 0) is 0 Å². The number of aromatic carboxylic acids is 1. The Kier molecular flexibility index (Phi) is 3.26. The number of carbonyl (C=O) groups is 1. The molecule has 0 aliphatic carbocycles. The van der Waals surface area contributed by atoms with E-state index in [9.17, 15) is 4.79 Å². The first kappa shape index (κ1) is 11.8. The van der Waals surface area contributed by atoms with Crippen molar-refractivity contribution >= 4 is 11.9 Å². The number of nitrogens with zero attached hydrogens (tertiary/aromatic N) is 3. The summed E-state index contributed by atoms with van der Waals surface area (Å²) >= 11 is 0. The topological polar surface area (TPSA) is 66.3 Å². The first-order valence-electron chi connectivity index (χ1n) is 5.90. The van der Waals surface area contributed by atoms with Crippen molar-refractivity contribution in [3.8, 4) is 0 Å². The Balaban J connectivity index is 2.22. The maximum atomic E-state index is 10.9. The van der Waals surface area contributed by atoms with Crippen LogP contribution >= 0.6 is 0 Å². The maximum Gasteiger partial charge on any atom is 0.339 e. The van der Waals surface area contributed by atoms with Gasteiger partial charge >= 0.3 is 5.97 Å². The fraction of sp³-hybridized carbons (Fsp3) is 0.583. The molecule has 0 unspecified atom stereocenters. The van der Waals surface area contributed by atoms with Gasteiger partial charge in [0.05, 0.1) is 11.3 Å². The van der Waals surface area contributed by atoms with Gasteiger partial charge in [-0.1, -0.05) is 6.92 Å². The van der Waals surface area contributed by atoms with Crippen molar-refractivity contribution in [1.82, 2.24) is 9.97 Å². The molecule has 17 heavy (non-hydrogen) atoms. The van der Waals surface area contributed by atoms with Gasteiger partial charge in [0, 0.05) is 19.3 Å². The molecule has 2 heterocycles. The first-order valence-corrected chi connectivity index (χ1v) is 5.90. The zero-order valence-electron chi connectivity index (χ0n) is 10.2. The van der Waals surface area contributed by atoms with E-state index in [-0.39, 0.29) is 5.56 Å². The van der Waals surface area contributed by atoms with Crippen molar-refractivity contribution in [2.24, 2.45) is 5.92 Å². The quantitative estimate of drug-likeness (QED) is 0.845.